The molecule has 1 aliphatic rings. The van der Waals surface area contributed by atoms with Crippen LogP contribution in [0.1, 0.15) is 42.3 Å². The van der Waals surface area contributed by atoms with Gasteiger partial charge >= 0.3 is 0 Å². The van der Waals surface area contributed by atoms with Gasteiger partial charge in [-0.1, -0.05) is 6.42 Å². The topological polar surface area (TPSA) is 71.8 Å². The molecule has 126 valence electrons. The molecule has 0 atom stereocenters. The maximum Gasteiger partial charge on any atom is 0.174 e. The number of hydrogen-bond donors (Lipinski definition) is 0. The van der Waals surface area contributed by atoms with Crippen molar-refractivity contribution in [3.05, 3.63) is 44.9 Å². The Labute approximate surface area is 159 Å². The quantitative estimate of drug-likeness (QED) is 0.447. The third-order valence-corrected chi connectivity index (χ3v) is 5.19. The average Bonchev–Trinajstić information content (AvgIpc) is 3.04. The average molecular weight is 444 g/mol. The molecule has 1 aliphatic heterocycles. The van der Waals surface area contributed by atoms with E-state index in [9.17, 15) is 5.26 Å². The second kappa shape index (κ2) is 6.59. The maximum atomic E-state index is 9.76. The fourth-order valence-corrected chi connectivity index (χ4v) is 3.75. The Kier molecular flexibility index (Phi) is 4.29. The molecule has 0 spiro atoms. The summed E-state index contributed by atoms with van der Waals surface area (Å²) in [6.07, 6.45) is 8.27. The van der Waals surface area contributed by atoms with E-state index >= 15 is 0 Å². The Morgan fingerprint density at radius 3 is 3.00 bits per heavy atom. The number of allylic oxidation sites excluding steroid dienone is 1. The lowest BCUT2D eigenvalue weighted by Gasteiger charge is -2.06. The Bertz CT molecular complexity index is 1020. The Balaban J connectivity index is 1.86. The minimum atomic E-state index is 0.532. The first-order valence-electron chi connectivity index (χ1n) is 8.36. The maximum absolute atomic E-state index is 9.76. The number of rotatable bonds is 2. The summed E-state index contributed by atoms with van der Waals surface area (Å²) >= 11 is 2.28. The first-order valence-corrected chi connectivity index (χ1v) is 9.43. The van der Waals surface area contributed by atoms with E-state index in [1.54, 1.807) is 0 Å². The van der Waals surface area contributed by atoms with E-state index in [-0.39, 0.29) is 0 Å². The molecule has 0 unspecified atom stereocenters. The fraction of sp³-hybridized carbons (Fsp3) is 0.333. The summed E-state index contributed by atoms with van der Waals surface area (Å²) in [6, 6.07) is 6.33. The number of hydrogen-bond acceptors (Lipinski definition) is 4. The third kappa shape index (κ3) is 2.95. The Morgan fingerprint density at radius 2 is 2.16 bits per heavy atom. The molecule has 0 saturated heterocycles. The molecule has 0 amide bonds. The minimum Gasteiger partial charge on any atom is -0.310 e. The summed E-state index contributed by atoms with van der Waals surface area (Å²) in [5.41, 5.74) is 3.22. The smallest absolute Gasteiger partial charge is 0.174 e. The summed E-state index contributed by atoms with van der Waals surface area (Å²) in [6.45, 7) is 2.84. The molecule has 0 fully saturated rings. The van der Waals surface area contributed by atoms with Gasteiger partial charge in [-0.05, 0) is 60.6 Å². The fourth-order valence-electron chi connectivity index (χ4n) is 3.30. The van der Waals surface area contributed by atoms with Crippen molar-refractivity contribution < 1.29 is 0 Å². The highest BCUT2D eigenvalue weighted by Gasteiger charge is 2.18. The van der Waals surface area contributed by atoms with E-state index in [1.165, 1.54) is 6.42 Å². The highest BCUT2D eigenvalue weighted by molar-refractivity contribution is 14.1. The zero-order chi connectivity index (χ0) is 17.4. The van der Waals surface area contributed by atoms with Gasteiger partial charge < -0.3 is 4.57 Å². The molecular weight excluding hydrogens is 427 g/mol. The number of aryl methyl sites for hydroxylation is 2. The van der Waals surface area contributed by atoms with Crippen LogP contribution in [0, 0.1) is 21.8 Å². The van der Waals surface area contributed by atoms with Crippen LogP contribution < -0.4 is 0 Å². The van der Waals surface area contributed by atoms with Crippen LogP contribution >= 0.6 is 22.6 Å². The molecule has 0 aromatic carbocycles. The lowest BCUT2D eigenvalue weighted by molar-refractivity contribution is 0.627. The summed E-state index contributed by atoms with van der Waals surface area (Å²) in [5, 5.41) is 18.4. The molecule has 3 aromatic rings. The van der Waals surface area contributed by atoms with E-state index in [0.29, 0.717) is 11.4 Å². The number of nitrogens with zero attached hydrogens (tertiary/aromatic N) is 6. The van der Waals surface area contributed by atoms with Gasteiger partial charge in [0.2, 0.25) is 0 Å². The van der Waals surface area contributed by atoms with Gasteiger partial charge in [-0.15, -0.1) is 10.2 Å². The molecule has 0 bridgehead atoms. The Hall–Kier alpha value is -2.21. The van der Waals surface area contributed by atoms with Crippen LogP contribution in [0.25, 0.3) is 17.3 Å². The summed E-state index contributed by atoms with van der Waals surface area (Å²) in [7, 11) is 0. The summed E-state index contributed by atoms with van der Waals surface area (Å²) in [5.74, 6) is 1.65. The van der Waals surface area contributed by atoms with Gasteiger partial charge in [-0.3, -0.25) is 4.40 Å². The lowest BCUT2D eigenvalue weighted by Crippen LogP contribution is -2.05. The number of imidazole rings is 1. The summed E-state index contributed by atoms with van der Waals surface area (Å²) < 4.78 is 5.24. The second-order valence-electron chi connectivity index (χ2n) is 6.23. The van der Waals surface area contributed by atoms with Gasteiger partial charge in [0.15, 0.2) is 5.82 Å². The first kappa shape index (κ1) is 16.3. The highest BCUT2D eigenvalue weighted by Crippen LogP contribution is 2.23. The highest BCUT2D eigenvalue weighted by atomic mass is 127. The minimum absolute atomic E-state index is 0.532. The van der Waals surface area contributed by atoms with Crippen molar-refractivity contribution in [2.24, 2.45) is 0 Å². The molecule has 4 rings (SSSR count). The van der Waals surface area contributed by atoms with E-state index < -0.39 is 0 Å². The van der Waals surface area contributed by atoms with Crippen molar-refractivity contribution >= 4 is 39.9 Å². The normalized spacial score (nSPS) is 15.0. The Morgan fingerprint density at radius 1 is 1.28 bits per heavy atom. The number of aromatic nitrogens is 5. The van der Waals surface area contributed by atoms with Crippen LogP contribution in [0.4, 0.5) is 0 Å². The largest absolute Gasteiger partial charge is 0.310 e. The molecule has 7 heteroatoms. The monoisotopic (exact) mass is 444 g/mol. The van der Waals surface area contributed by atoms with Gasteiger partial charge in [0.25, 0.3) is 0 Å². The molecule has 25 heavy (non-hydrogen) atoms. The van der Waals surface area contributed by atoms with E-state index in [4.69, 9.17) is 0 Å². The lowest BCUT2D eigenvalue weighted by atomic mass is 10.2. The molecule has 0 N–H and O–H groups in total. The summed E-state index contributed by atoms with van der Waals surface area (Å²) in [4.78, 5) is 4.59. The van der Waals surface area contributed by atoms with Crippen molar-refractivity contribution in [1.82, 2.24) is 24.1 Å². The molecule has 0 saturated carbocycles. The van der Waals surface area contributed by atoms with Crippen molar-refractivity contribution in [3.8, 4) is 6.07 Å². The van der Waals surface area contributed by atoms with Crippen LogP contribution in [0.5, 0.6) is 0 Å². The predicted molar refractivity (Wildman–Crippen MR) is 104 cm³/mol. The van der Waals surface area contributed by atoms with E-state index in [2.05, 4.69) is 48.4 Å². The first-order chi connectivity index (χ1) is 12.2. The number of pyridine rings is 1. The van der Waals surface area contributed by atoms with Gasteiger partial charge in [-0.2, -0.15) is 5.26 Å². The SMILES string of the molecule is Cc1nc2ccc(I)cn2c1/C=C(\C#N)c1nnc2n1CCCCC2. The molecule has 6 nitrogen and oxygen atoms in total. The predicted octanol–water partition coefficient (Wildman–Crippen LogP) is 3.63. The van der Waals surface area contributed by atoms with Crippen LogP contribution in [0.15, 0.2) is 18.3 Å². The van der Waals surface area contributed by atoms with Crippen molar-refractivity contribution in [2.45, 2.75) is 39.2 Å². The van der Waals surface area contributed by atoms with E-state index in [0.717, 1.165) is 52.2 Å². The van der Waals surface area contributed by atoms with Crippen LogP contribution in [-0.2, 0) is 13.0 Å². The molecular formula is C18H17IN6. The van der Waals surface area contributed by atoms with E-state index in [1.807, 2.05) is 35.7 Å². The van der Waals surface area contributed by atoms with Gasteiger partial charge in [0, 0.05) is 22.7 Å². The van der Waals surface area contributed by atoms with Gasteiger partial charge in [-0.25, -0.2) is 4.98 Å². The third-order valence-electron chi connectivity index (χ3n) is 4.56. The van der Waals surface area contributed by atoms with Crippen molar-refractivity contribution in [3.63, 3.8) is 0 Å². The molecule has 3 aromatic heterocycles. The molecule has 4 heterocycles. The second-order valence-corrected chi connectivity index (χ2v) is 7.48. The van der Waals surface area contributed by atoms with Gasteiger partial charge in [0.05, 0.1) is 17.0 Å². The number of fused-ring (bicyclic) bond motifs is 2. The van der Waals surface area contributed by atoms with Crippen molar-refractivity contribution in [2.75, 3.05) is 0 Å². The number of halogens is 1. The van der Waals surface area contributed by atoms with Gasteiger partial charge in [0.1, 0.15) is 17.5 Å². The van der Waals surface area contributed by atoms with Crippen molar-refractivity contribution in [1.29, 1.82) is 5.26 Å². The van der Waals surface area contributed by atoms with Crippen LogP contribution in [-0.4, -0.2) is 24.1 Å². The molecule has 0 aliphatic carbocycles. The zero-order valence-electron chi connectivity index (χ0n) is 13.9. The molecule has 0 radical (unpaired) electrons. The number of nitriles is 1. The zero-order valence-corrected chi connectivity index (χ0v) is 16.1. The van der Waals surface area contributed by atoms with Crippen LogP contribution in [0.2, 0.25) is 0 Å². The van der Waals surface area contributed by atoms with Crippen LogP contribution in [0.3, 0.4) is 0 Å². The standard InChI is InChI=1S/C18H17IN6/c1-12-15(25-11-14(19)6-7-16(25)21-12)9-13(10-20)18-23-22-17-5-3-2-4-8-24(17)18/h6-7,9,11H,2-5,8H2,1H3/b13-9+.